The van der Waals surface area contributed by atoms with Gasteiger partial charge in [-0.15, -0.1) is 11.6 Å². The lowest BCUT2D eigenvalue weighted by atomic mass is 10.3. The second-order valence-corrected chi connectivity index (χ2v) is 3.06. The second-order valence-electron chi connectivity index (χ2n) is 2.32. The predicted molar refractivity (Wildman–Crippen MR) is 48.1 cm³/mol. The minimum atomic E-state index is 0.364. The molecule has 1 heterocycles. The van der Waals surface area contributed by atoms with Crippen molar-refractivity contribution in [1.82, 2.24) is 9.78 Å². The summed E-state index contributed by atoms with van der Waals surface area (Å²) < 4.78 is 1.52. The number of aromatic nitrogens is 2. The van der Waals surface area contributed by atoms with E-state index < -0.39 is 0 Å². The van der Waals surface area contributed by atoms with Gasteiger partial charge >= 0.3 is 0 Å². The van der Waals surface area contributed by atoms with Crippen LogP contribution in [0.2, 0.25) is 5.15 Å². The van der Waals surface area contributed by atoms with Gasteiger partial charge in [0.25, 0.3) is 0 Å². The lowest BCUT2D eigenvalue weighted by Crippen LogP contribution is -2.01. The summed E-state index contributed by atoms with van der Waals surface area (Å²) in [5.41, 5.74) is 1.09. The van der Waals surface area contributed by atoms with Gasteiger partial charge in [0.1, 0.15) is 5.15 Å². The Morgan fingerprint density at radius 2 is 2.33 bits per heavy atom. The number of hydrogen-bond acceptors (Lipinski definition) is 2. The Morgan fingerprint density at radius 3 is 2.75 bits per heavy atom. The van der Waals surface area contributed by atoms with E-state index in [4.69, 9.17) is 23.2 Å². The largest absolute Gasteiger partial charge is 0.298 e. The molecule has 0 fully saturated rings. The van der Waals surface area contributed by atoms with Crippen molar-refractivity contribution in [3.63, 3.8) is 0 Å². The first-order chi connectivity index (χ1) is 5.70. The molecule has 5 heteroatoms. The minimum absolute atomic E-state index is 0.364. The molecule has 1 rings (SSSR count). The summed E-state index contributed by atoms with van der Waals surface area (Å²) in [5.74, 6) is 0.430. The Morgan fingerprint density at radius 1 is 1.67 bits per heavy atom. The van der Waals surface area contributed by atoms with Crippen LogP contribution in [0.1, 0.15) is 16.1 Å². The summed E-state index contributed by atoms with van der Waals surface area (Å²) >= 11 is 11.3. The number of carbonyl (C=O) groups excluding carboxylic acids is 1. The van der Waals surface area contributed by atoms with E-state index in [0.717, 1.165) is 0 Å². The lowest BCUT2D eigenvalue weighted by molar-refractivity contribution is 0.112. The monoisotopic (exact) mass is 206 g/mol. The third-order valence-electron chi connectivity index (χ3n) is 1.52. The fourth-order valence-corrected chi connectivity index (χ4v) is 1.39. The van der Waals surface area contributed by atoms with Crippen molar-refractivity contribution in [1.29, 1.82) is 0 Å². The molecule has 1 aromatic rings. The number of alkyl halides is 1. The summed E-state index contributed by atoms with van der Waals surface area (Å²) in [6.07, 6.45) is 0.704. The smallest absolute Gasteiger partial charge is 0.155 e. The van der Waals surface area contributed by atoms with Gasteiger partial charge in [-0.3, -0.25) is 9.48 Å². The maximum Gasteiger partial charge on any atom is 0.155 e. The number of rotatable bonds is 3. The molecule has 0 atom stereocenters. The minimum Gasteiger partial charge on any atom is -0.298 e. The van der Waals surface area contributed by atoms with Crippen LogP contribution in [-0.2, 0) is 6.54 Å². The van der Waals surface area contributed by atoms with Crippen molar-refractivity contribution in [3.05, 3.63) is 16.4 Å². The highest BCUT2D eigenvalue weighted by atomic mass is 35.5. The fourth-order valence-electron chi connectivity index (χ4n) is 0.929. The summed E-state index contributed by atoms with van der Waals surface area (Å²) in [6, 6.07) is 0. The highest BCUT2D eigenvalue weighted by Crippen LogP contribution is 2.17. The molecule has 3 nitrogen and oxygen atoms in total. The number of aryl methyl sites for hydroxylation is 2. The summed E-state index contributed by atoms with van der Waals surface area (Å²) in [5, 5.41) is 4.40. The van der Waals surface area contributed by atoms with Crippen LogP contribution in [0.3, 0.4) is 0 Å². The van der Waals surface area contributed by atoms with Crippen molar-refractivity contribution in [3.8, 4) is 0 Å². The van der Waals surface area contributed by atoms with Crippen LogP contribution in [0.4, 0.5) is 0 Å². The summed E-state index contributed by atoms with van der Waals surface area (Å²) in [7, 11) is 0. The molecule has 0 aromatic carbocycles. The summed E-state index contributed by atoms with van der Waals surface area (Å²) in [6.45, 7) is 2.26. The number of aldehydes is 1. The fraction of sp³-hybridized carbons (Fsp3) is 0.429. The average molecular weight is 207 g/mol. The molecule has 0 aliphatic heterocycles. The molecule has 66 valence electrons. The number of halogens is 2. The SMILES string of the molecule is Cc1nn(CCCl)c(Cl)c1C=O. The Hall–Kier alpha value is -0.540. The molecule has 0 amide bonds. The molecular formula is C7H8Cl2N2O. The molecule has 0 saturated carbocycles. The number of nitrogens with zero attached hydrogens (tertiary/aromatic N) is 2. The topological polar surface area (TPSA) is 34.9 Å². The van der Waals surface area contributed by atoms with Gasteiger partial charge < -0.3 is 0 Å². The van der Waals surface area contributed by atoms with Gasteiger partial charge in [-0.1, -0.05) is 11.6 Å². The average Bonchev–Trinajstić information content (AvgIpc) is 2.29. The molecule has 0 saturated heterocycles. The zero-order valence-electron chi connectivity index (χ0n) is 6.55. The van der Waals surface area contributed by atoms with Crippen LogP contribution >= 0.6 is 23.2 Å². The quantitative estimate of drug-likeness (QED) is 0.560. The molecule has 0 bridgehead atoms. The van der Waals surface area contributed by atoms with Crippen LogP contribution in [-0.4, -0.2) is 21.9 Å². The van der Waals surface area contributed by atoms with Gasteiger partial charge in [0, 0.05) is 5.88 Å². The zero-order valence-corrected chi connectivity index (χ0v) is 8.06. The second kappa shape index (κ2) is 3.92. The van der Waals surface area contributed by atoms with E-state index in [1.54, 1.807) is 6.92 Å². The molecule has 0 aliphatic rings. The normalized spacial score (nSPS) is 10.2. The van der Waals surface area contributed by atoms with E-state index in [-0.39, 0.29) is 0 Å². The van der Waals surface area contributed by atoms with Crippen LogP contribution in [0.5, 0.6) is 0 Å². The molecular weight excluding hydrogens is 199 g/mol. The van der Waals surface area contributed by atoms with Crippen LogP contribution < -0.4 is 0 Å². The van der Waals surface area contributed by atoms with Gasteiger partial charge in [-0.2, -0.15) is 5.10 Å². The van der Waals surface area contributed by atoms with Crippen molar-refractivity contribution in [2.45, 2.75) is 13.5 Å². The molecule has 1 aromatic heterocycles. The van der Waals surface area contributed by atoms with Gasteiger partial charge in [0.15, 0.2) is 6.29 Å². The molecule has 0 spiro atoms. The molecule has 0 N–H and O–H groups in total. The van der Waals surface area contributed by atoms with E-state index in [2.05, 4.69) is 5.10 Å². The van der Waals surface area contributed by atoms with Crippen molar-refractivity contribution in [2.75, 3.05) is 5.88 Å². The zero-order chi connectivity index (χ0) is 9.14. The number of hydrogen-bond donors (Lipinski definition) is 0. The van der Waals surface area contributed by atoms with Gasteiger partial charge in [-0.25, -0.2) is 0 Å². The van der Waals surface area contributed by atoms with Crippen LogP contribution in [0, 0.1) is 6.92 Å². The van der Waals surface area contributed by atoms with E-state index in [0.29, 0.717) is 35.1 Å². The Balaban J connectivity index is 3.08. The van der Waals surface area contributed by atoms with Crippen LogP contribution in [0.15, 0.2) is 0 Å². The standard InChI is InChI=1S/C7H8Cl2N2O/c1-5-6(4-12)7(9)11(10-5)3-2-8/h4H,2-3H2,1H3. The van der Waals surface area contributed by atoms with E-state index in [1.807, 2.05) is 0 Å². The first kappa shape index (κ1) is 9.55. The Bertz CT molecular complexity index is 296. The molecule has 0 aliphatic carbocycles. The van der Waals surface area contributed by atoms with Gasteiger partial charge in [0.2, 0.25) is 0 Å². The van der Waals surface area contributed by atoms with E-state index in [9.17, 15) is 4.79 Å². The first-order valence-electron chi connectivity index (χ1n) is 3.44. The molecule has 0 radical (unpaired) electrons. The van der Waals surface area contributed by atoms with Gasteiger partial charge in [-0.05, 0) is 6.92 Å². The Kier molecular flexibility index (Phi) is 3.12. The molecule has 0 unspecified atom stereocenters. The third-order valence-corrected chi connectivity index (χ3v) is 2.09. The Labute approximate surface area is 80.3 Å². The molecule has 12 heavy (non-hydrogen) atoms. The summed E-state index contributed by atoms with van der Waals surface area (Å²) in [4.78, 5) is 10.5. The third kappa shape index (κ3) is 1.62. The number of carbonyl (C=O) groups is 1. The predicted octanol–water partition coefficient (Wildman–Crippen LogP) is 1.90. The maximum absolute atomic E-state index is 10.5. The first-order valence-corrected chi connectivity index (χ1v) is 4.36. The van der Waals surface area contributed by atoms with Crippen molar-refractivity contribution >= 4 is 29.5 Å². The van der Waals surface area contributed by atoms with E-state index in [1.165, 1.54) is 4.68 Å². The highest BCUT2D eigenvalue weighted by Gasteiger charge is 2.11. The van der Waals surface area contributed by atoms with Crippen molar-refractivity contribution < 1.29 is 4.79 Å². The lowest BCUT2D eigenvalue weighted by Gasteiger charge is -1.96. The highest BCUT2D eigenvalue weighted by molar-refractivity contribution is 6.32. The maximum atomic E-state index is 10.5. The van der Waals surface area contributed by atoms with Gasteiger partial charge in [0.05, 0.1) is 17.8 Å². The van der Waals surface area contributed by atoms with E-state index >= 15 is 0 Å². The van der Waals surface area contributed by atoms with Crippen molar-refractivity contribution in [2.24, 2.45) is 0 Å². The van der Waals surface area contributed by atoms with Crippen LogP contribution in [0.25, 0.3) is 0 Å².